The zero-order chi connectivity index (χ0) is 41.2. The van der Waals surface area contributed by atoms with Gasteiger partial charge in [0.15, 0.2) is 13.9 Å². The summed E-state index contributed by atoms with van der Waals surface area (Å²) in [6.45, 7) is 2.39. The summed E-state index contributed by atoms with van der Waals surface area (Å²) in [5.74, 6) is 1.51. The zero-order valence-electron chi connectivity index (χ0n) is 34.2. The lowest BCUT2D eigenvalue weighted by atomic mass is 9.83. The molecule has 1 unspecified atom stereocenters. The van der Waals surface area contributed by atoms with E-state index >= 15 is 0 Å². The van der Waals surface area contributed by atoms with Crippen LogP contribution in [0.4, 0.5) is 0 Å². The highest BCUT2D eigenvalue weighted by Crippen LogP contribution is 2.51. The number of nitrogens with zero attached hydrogens (tertiary/aromatic N) is 5. The normalized spacial score (nSPS) is 13.7. The summed E-state index contributed by atoms with van der Waals surface area (Å²) < 4.78 is 4.79. The number of hydrogen-bond acceptors (Lipinski definition) is 3. The molecule has 0 bridgehead atoms. The second-order valence-corrected chi connectivity index (χ2v) is 20.2. The molecule has 0 aliphatic heterocycles. The summed E-state index contributed by atoms with van der Waals surface area (Å²) in [5, 5.41) is 10.3. The van der Waals surface area contributed by atoms with E-state index in [4.69, 9.17) is 15.0 Å². The molecule has 0 saturated carbocycles. The highest BCUT2D eigenvalue weighted by molar-refractivity contribution is 7.19. The molecule has 0 radical (unpaired) electrons. The Kier molecular flexibility index (Phi) is 8.47. The molecule has 0 N–H and O–H groups in total. The van der Waals surface area contributed by atoms with E-state index in [0.717, 1.165) is 28.9 Å². The fourth-order valence-electron chi connectivity index (χ4n) is 10.5. The van der Waals surface area contributed by atoms with E-state index in [1.807, 2.05) is 0 Å². The monoisotopic (exact) mass is 811 g/mol. The van der Waals surface area contributed by atoms with Crippen LogP contribution in [-0.4, -0.2) is 32.2 Å². The van der Waals surface area contributed by atoms with Crippen molar-refractivity contribution in [1.82, 2.24) is 24.1 Å². The molecule has 1 atom stereocenters. The van der Waals surface area contributed by atoms with Crippen molar-refractivity contribution in [2.45, 2.75) is 19.3 Å². The number of hydrogen-bond donors (Lipinski definition) is 0. The molecule has 12 rings (SSSR count). The van der Waals surface area contributed by atoms with Gasteiger partial charge in [-0.15, -0.1) is 0 Å². The Labute approximate surface area is 361 Å². The molecule has 11 aromatic rings. The van der Waals surface area contributed by atoms with Gasteiger partial charge in [-0.2, -0.15) is 4.98 Å². The van der Waals surface area contributed by atoms with Gasteiger partial charge in [-0.25, -0.2) is 9.97 Å². The number of rotatable bonds is 7. The van der Waals surface area contributed by atoms with Gasteiger partial charge in [0, 0.05) is 22.0 Å². The lowest BCUT2D eigenvalue weighted by Crippen LogP contribution is -2.74. The van der Waals surface area contributed by atoms with E-state index in [9.17, 15) is 0 Å². The smallest absolute Gasteiger partial charge is 0.238 e. The van der Waals surface area contributed by atoms with Crippen LogP contribution in [0, 0.1) is 0 Å². The molecular weight excluding hydrogens is 771 g/mol. The third-order valence-corrected chi connectivity index (χ3v) is 17.8. The van der Waals surface area contributed by atoms with E-state index < -0.39 is 8.07 Å². The first-order chi connectivity index (χ1) is 30.7. The predicted octanol–water partition coefficient (Wildman–Crippen LogP) is 10.3. The lowest BCUT2D eigenvalue weighted by molar-refractivity contribution is 0.748. The van der Waals surface area contributed by atoms with Crippen molar-refractivity contribution in [3.63, 3.8) is 0 Å². The molecule has 3 aromatic heterocycles. The molecule has 6 heteroatoms. The standard InChI is InChI=1S/C56H41N5Si/c1-38-35-48-47-31-16-17-32-49(47)61(53(48)54-51(38)52-46-30-15-14-19-39(46)33-34-50(52)60(54)41-21-6-2-7-22-41)56-58-37-57-55(59-56)40-20-18-29-45(36-40)62(42-23-8-3-9-24-42,43-25-10-4-11-26-43)44-27-12-5-13-28-44/h2-34,36-38H,35H2,1H3. The first kappa shape index (κ1) is 36.2. The van der Waals surface area contributed by atoms with Crippen molar-refractivity contribution in [2.75, 3.05) is 0 Å². The molecule has 0 spiro atoms. The van der Waals surface area contributed by atoms with Gasteiger partial charge in [-0.1, -0.05) is 189 Å². The molecule has 5 nitrogen and oxygen atoms in total. The summed E-state index contributed by atoms with van der Waals surface area (Å²) in [5.41, 5.74) is 9.38. The Morgan fingerprint density at radius 1 is 0.500 bits per heavy atom. The summed E-state index contributed by atoms with van der Waals surface area (Å²) in [6.07, 6.45) is 2.59. The van der Waals surface area contributed by atoms with Crippen LogP contribution >= 0.6 is 0 Å². The molecular formula is C56H41N5Si. The Balaban J connectivity index is 1.11. The van der Waals surface area contributed by atoms with Crippen LogP contribution in [0.25, 0.3) is 67.0 Å². The van der Waals surface area contributed by atoms with E-state index in [-0.39, 0.29) is 5.92 Å². The average molecular weight is 812 g/mol. The highest BCUT2D eigenvalue weighted by atomic mass is 28.3. The Bertz CT molecular complexity index is 3350. The molecule has 1 aliphatic carbocycles. The number of benzene rings is 8. The van der Waals surface area contributed by atoms with Crippen molar-refractivity contribution >= 4 is 61.4 Å². The van der Waals surface area contributed by atoms with E-state index in [1.165, 1.54) is 64.6 Å². The fourth-order valence-corrected chi connectivity index (χ4v) is 15.3. The van der Waals surface area contributed by atoms with Crippen molar-refractivity contribution in [3.05, 3.63) is 224 Å². The van der Waals surface area contributed by atoms with Crippen molar-refractivity contribution in [1.29, 1.82) is 0 Å². The molecule has 294 valence electrons. The van der Waals surface area contributed by atoms with Crippen LogP contribution < -0.4 is 20.7 Å². The first-order valence-corrected chi connectivity index (χ1v) is 23.4. The topological polar surface area (TPSA) is 48.5 Å². The lowest BCUT2D eigenvalue weighted by Gasteiger charge is -2.34. The molecule has 0 saturated heterocycles. The van der Waals surface area contributed by atoms with E-state index in [0.29, 0.717) is 11.8 Å². The molecule has 3 heterocycles. The van der Waals surface area contributed by atoms with Crippen molar-refractivity contribution in [2.24, 2.45) is 0 Å². The second kappa shape index (κ2) is 14.5. The van der Waals surface area contributed by atoms with Crippen LogP contribution in [0.3, 0.4) is 0 Å². The maximum absolute atomic E-state index is 5.43. The van der Waals surface area contributed by atoms with Crippen LogP contribution in [0.1, 0.15) is 24.0 Å². The minimum absolute atomic E-state index is 0.273. The maximum Gasteiger partial charge on any atom is 0.238 e. The van der Waals surface area contributed by atoms with Gasteiger partial charge in [-0.05, 0) is 79.3 Å². The Hall–Kier alpha value is -7.67. The van der Waals surface area contributed by atoms with Gasteiger partial charge in [0.05, 0.1) is 22.4 Å². The molecule has 8 aromatic carbocycles. The van der Waals surface area contributed by atoms with Gasteiger partial charge < -0.3 is 4.57 Å². The number of aromatic nitrogens is 5. The minimum atomic E-state index is -2.79. The molecule has 1 aliphatic rings. The van der Waals surface area contributed by atoms with Crippen molar-refractivity contribution < 1.29 is 0 Å². The van der Waals surface area contributed by atoms with Crippen molar-refractivity contribution in [3.8, 4) is 34.4 Å². The van der Waals surface area contributed by atoms with Crippen LogP contribution in [0.5, 0.6) is 0 Å². The highest BCUT2D eigenvalue weighted by Gasteiger charge is 2.42. The summed E-state index contributed by atoms with van der Waals surface area (Å²) in [4.78, 5) is 15.4. The number of para-hydroxylation sites is 2. The average Bonchev–Trinajstić information content (AvgIpc) is 3.87. The minimum Gasteiger partial charge on any atom is -0.307 e. The fraction of sp³-hybridized carbons (Fsp3) is 0.0536. The molecule has 0 amide bonds. The van der Waals surface area contributed by atoms with E-state index in [1.54, 1.807) is 6.33 Å². The van der Waals surface area contributed by atoms with Gasteiger partial charge in [0.2, 0.25) is 5.95 Å². The van der Waals surface area contributed by atoms with Crippen LogP contribution in [0.2, 0.25) is 0 Å². The SMILES string of the molecule is CC1Cc2c(n(-c3ncnc(-c4cccc([Si](c5ccccc5)(c5ccccc5)c5ccccc5)c4)n3)c3ccccc23)-c2c1c1c3ccccc3ccc1n2-c1ccccc1. The summed E-state index contributed by atoms with van der Waals surface area (Å²) in [7, 11) is -2.79. The third-order valence-electron chi connectivity index (χ3n) is 13.1. The maximum atomic E-state index is 5.43. The third kappa shape index (κ3) is 5.43. The van der Waals surface area contributed by atoms with Gasteiger partial charge in [0.25, 0.3) is 0 Å². The zero-order valence-corrected chi connectivity index (χ0v) is 35.2. The predicted molar refractivity (Wildman–Crippen MR) is 258 cm³/mol. The molecule has 0 fully saturated rings. The van der Waals surface area contributed by atoms with Crippen LogP contribution in [-0.2, 0) is 6.42 Å². The Morgan fingerprint density at radius 3 is 1.79 bits per heavy atom. The second-order valence-electron chi connectivity index (χ2n) is 16.4. The van der Waals surface area contributed by atoms with Crippen LogP contribution in [0.15, 0.2) is 213 Å². The van der Waals surface area contributed by atoms with Gasteiger partial charge >= 0.3 is 0 Å². The molecule has 62 heavy (non-hydrogen) atoms. The number of fused-ring (bicyclic) bond motifs is 9. The summed E-state index contributed by atoms with van der Waals surface area (Å²) in [6, 6.07) is 75.0. The quantitative estimate of drug-likeness (QED) is 0.119. The summed E-state index contributed by atoms with van der Waals surface area (Å²) >= 11 is 0. The first-order valence-electron chi connectivity index (χ1n) is 21.4. The van der Waals surface area contributed by atoms with E-state index in [2.05, 4.69) is 222 Å². The van der Waals surface area contributed by atoms with Gasteiger partial charge in [0.1, 0.15) is 6.33 Å². The van der Waals surface area contributed by atoms with Gasteiger partial charge in [-0.3, -0.25) is 4.57 Å². The Morgan fingerprint density at radius 2 is 1.10 bits per heavy atom. The largest absolute Gasteiger partial charge is 0.307 e.